The van der Waals surface area contributed by atoms with Crippen molar-refractivity contribution < 1.29 is 14.3 Å². The van der Waals surface area contributed by atoms with Crippen LogP contribution in [0.1, 0.15) is 30.5 Å². The van der Waals surface area contributed by atoms with E-state index >= 15 is 0 Å². The second-order valence-electron chi connectivity index (χ2n) is 6.22. The molecule has 3 rings (SSSR count). The molecule has 1 aliphatic rings. The predicted octanol–water partition coefficient (Wildman–Crippen LogP) is 3.89. The fourth-order valence-electron chi connectivity index (χ4n) is 2.95. The molecule has 0 aliphatic carbocycles. The molecule has 5 nitrogen and oxygen atoms in total. The van der Waals surface area contributed by atoms with Crippen molar-refractivity contribution in [3.05, 3.63) is 69.6 Å². The van der Waals surface area contributed by atoms with Crippen molar-refractivity contribution in [2.24, 2.45) is 0 Å². The third kappa shape index (κ3) is 3.96. The molecule has 6 heteroatoms. The molecule has 0 radical (unpaired) electrons. The molecule has 0 fully saturated rings. The lowest BCUT2D eigenvalue weighted by Crippen LogP contribution is -2.46. The molecule has 136 valence electrons. The number of urea groups is 1. The van der Waals surface area contributed by atoms with Gasteiger partial charge in [0.25, 0.3) is 0 Å². The summed E-state index contributed by atoms with van der Waals surface area (Å²) in [5, 5.41) is 6.75. The molecule has 0 unspecified atom stereocenters. The molecule has 1 aromatic carbocycles. The van der Waals surface area contributed by atoms with E-state index in [9.17, 15) is 9.59 Å². The van der Waals surface area contributed by atoms with Gasteiger partial charge in [-0.05, 0) is 47.7 Å². The Morgan fingerprint density at radius 1 is 1.27 bits per heavy atom. The first-order valence-corrected chi connectivity index (χ1v) is 9.50. The van der Waals surface area contributed by atoms with Crippen LogP contribution in [-0.4, -0.2) is 30.6 Å². The lowest BCUT2D eigenvalue weighted by molar-refractivity contribution is -0.139. The monoisotopic (exact) mass is 370 g/mol. The molecule has 1 aliphatic heterocycles. The summed E-state index contributed by atoms with van der Waals surface area (Å²) in [7, 11) is 1.65. The Labute approximate surface area is 157 Å². The molecule has 0 saturated carbocycles. The van der Waals surface area contributed by atoms with Crippen LogP contribution in [0.25, 0.3) is 0 Å². The maximum Gasteiger partial charge on any atom is 0.338 e. The van der Waals surface area contributed by atoms with E-state index in [2.05, 4.69) is 17.4 Å². The topological polar surface area (TPSA) is 58.6 Å². The standard InChI is InChI=1S/C20H22N2O3S/c1-14-17(18(16-10-12-26-13-16)21-20(24)22(14)2)19(23)25-11-6-9-15-7-4-3-5-8-15/h3-5,7-8,10,12-13,18H,6,9,11H2,1-2H3,(H,21,24)/t18-/m1/s1. The number of nitrogens with one attached hydrogen (secondary N) is 1. The van der Waals surface area contributed by atoms with Gasteiger partial charge in [0.05, 0.1) is 18.2 Å². The van der Waals surface area contributed by atoms with Crippen molar-refractivity contribution in [3.8, 4) is 0 Å². The van der Waals surface area contributed by atoms with E-state index in [1.165, 1.54) is 21.8 Å². The predicted molar refractivity (Wildman–Crippen MR) is 102 cm³/mol. The first-order chi connectivity index (χ1) is 12.6. The largest absolute Gasteiger partial charge is 0.462 e. The molecule has 1 aromatic heterocycles. The minimum Gasteiger partial charge on any atom is -0.462 e. The van der Waals surface area contributed by atoms with E-state index in [-0.39, 0.29) is 12.0 Å². The normalized spacial score (nSPS) is 17.2. The highest BCUT2D eigenvalue weighted by molar-refractivity contribution is 7.08. The Kier molecular flexibility index (Phi) is 5.73. The minimum absolute atomic E-state index is 0.223. The zero-order valence-corrected chi connectivity index (χ0v) is 15.7. The number of esters is 1. The summed E-state index contributed by atoms with van der Waals surface area (Å²) in [6, 6.07) is 11.3. The number of aryl methyl sites for hydroxylation is 1. The van der Waals surface area contributed by atoms with Gasteiger partial charge < -0.3 is 15.0 Å². The number of thiophene rings is 1. The van der Waals surface area contributed by atoms with E-state index in [0.29, 0.717) is 17.9 Å². The van der Waals surface area contributed by atoms with Gasteiger partial charge in [0.15, 0.2) is 0 Å². The van der Waals surface area contributed by atoms with Gasteiger partial charge in [0.2, 0.25) is 0 Å². The Morgan fingerprint density at radius 2 is 2.04 bits per heavy atom. The van der Waals surface area contributed by atoms with Gasteiger partial charge in [-0.25, -0.2) is 9.59 Å². The SMILES string of the molecule is CC1=C(C(=O)OCCCc2ccccc2)[C@@H](c2ccsc2)NC(=O)N1C. The van der Waals surface area contributed by atoms with Gasteiger partial charge >= 0.3 is 12.0 Å². The molecule has 0 saturated heterocycles. The Hall–Kier alpha value is -2.60. The van der Waals surface area contributed by atoms with E-state index in [4.69, 9.17) is 4.74 Å². The highest BCUT2D eigenvalue weighted by Gasteiger charge is 2.35. The van der Waals surface area contributed by atoms with Crippen LogP contribution in [0.4, 0.5) is 4.79 Å². The quantitative estimate of drug-likeness (QED) is 0.620. The lowest BCUT2D eigenvalue weighted by Gasteiger charge is -2.32. The van der Waals surface area contributed by atoms with Crippen LogP contribution in [0.3, 0.4) is 0 Å². The number of amides is 2. The lowest BCUT2D eigenvalue weighted by atomic mass is 9.97. The van der Waals surface area contributed by atoms with Crippen molar-refractivity contribution >= 4 is 23.3 Å². The number of benzene rings is 1. The number of carbonyl (C=O) groups excluding carboxylic acids is 2. The van der Waals surface area contributed by atoms with Crippen LogP contribution >= 0.6 is 11.3 Å². The third-order valence-electron chi connectivity index (χ3n) is 4.54. The van der Waals surface area contributed by atoms with Crippen LogP contribution in [0.15, 0.2) is 58.4 Å². The van der Waals surface area contributed by atoms with Gasteiger partial charge in [0, 0.05) is 12.7 Å². The fourth-order valence-corrected chi connectivity index (χ4v) is 3.64. The van der Waals surface area contributed by atoms with E-state index < -0.39 is 6.04 Å². The van der Waals surface area contributed by atoms with Crippen molar-refractivity contribution in [3.63, 3.8) is 0 Å². The minimum atomic E-state index is -0.466. The van der Waals surface area contributed by atoms with Gasteiger partial charge in [-0.1, -0.05) is 30.3 Å². The second kappa shape index (κ2) is 8.19. The number of carbonyl (C=O) groups is 2. The summed E-state index contributed by atoms with van der Waals surface area (Å²) < 4.78 is 5.51. The molecule has 0 spiro atoms. The van der Waals surface area contributed by atoms with E-state index in [1.54, 1.807) is 14.0 Å². The molecule has 26 heavy (non-hydrogen) atoms. The molecular formula is C20H22N2O3S. The van der Waals surface area contributed by atoms with Crippen LogP contribution in [0, 0.1) is 0 Å². The van der Waals surface area contributed by atoms with Crippen molar-refractivity contribution in [2.45, 2.75) is 25.8 Å². The maximum atomic E-state index is 12.7. The molecule has 2 amide bonds. The molecule has 2 heterocycles. The molecule has 1 N–H and O–H groups in total. The van der Waals surface area contributed by atoms with Gasteiger partial charge in [-0.2, -0.15) is 11.3 Å². The first-order valence-electron chi connectivity index (χ1n) is 8.56. The summed E-state index contributed by atoms with van der Waals surface area (Å²) >= 11 is 1.53. The van der Waals surface area contributed by atoms with Crippen LogP contribution in [0.2, 0.25) is 0 Å². The van der Waals surface area contributed by atoms with Crippen LogP contribution < -0.4 is 5.32 Å². The molecule has 0 bridgehead atoms. The fraction of sp³-hybridized carbons (Fsp3) is 0.300. The summed E-state index contributed by atoms with van der Waals surface area (Å²) in [5.41, 5.74) is 3.23. The number of ether oxygens (including phenoxy) is 1. The zero-order valence-electron chi connectivity index (χ0n) is 14.9. The highest BCUT2D eigenvalue weighted by Crippen LogP contribution is 2.31. The number of hydrogen-bond acceptors (Lipinski definition) is 4. The summed E-state index contributed by atoms with van der Waals surface area (Å²) in [5.74, 6) is -0.376. The van der Waals surface area contributed by atoms with Crippen LogP contribution in [0.5, 0.6) is 0 Å². The van der Waals surface area contributed by atoms with Gasteiger partial charge in [0.1, 0.15) is 0 Å². The average molecular weight is 370 g/mol. The van der Waals surface area contributed by atoms with Crippen molar-refractivity contribution in [1.29, 1.82) is 0 Å². The number of allylic oxidation sites excluding steroid dienone is 1. The van der Waals surface area contributed by atoms with Crippen molar-refractivity contribution in [1.82, 2.24) is 10.2 Å². The third-order valence-corrected chi connectivity index (χ3v) is 5.24. The Balaban J connectivity index is 1.67. The van der Waals surface area contributed by atoms with E-state index in [0.717, 1.165) is 18.4 Å². The van der Waals surface area contributed by atoms with Gasteiger partial charge in [-0.3, -0.25) is 0 Å². The average Bonchev–Trinajstić information content (AvgIpc) is 3.18. The summed E-state index contributed by atoms with van der Waals surface area (Å²) in [6.45, 7) is 2.12. The first kappa shape index (κ1) is 18.2. The molecule has 2 aromatic rings. The van der Waals surface area contributed by atoms with E-state index in [1.807, 2.05) is 35.0 Å². The summed E-state index contributed by atoms with van der Waals surface area (Å²) in [4.78, 5) is 26.3. The van der Waals surface area contributed by atoms with Crippen molar-refractivity contribution in [2.75, 3.05) is 13.7 Å². The number of nitrogens with zero attached hydrogens (tertiary/aromatic N) is 1. The Morgan fingerprint density at radius 3 is 2.73 bits per heavy atom. The molecule has 1 atom stereocenters. The van der Waals surface area contributed by atoms with Crippen LogP contribution in [-0.2, 0) is 16.0 Å². The zero-order chi connectivity index (χ0) is 18.5. The number of rotatable bonds is 6. The maximum absolute atomic E-state index is 12.7. The molecular weight excluding hydrogens is 348 g/mol. The highest BCUT2D eigenvalue weighted by atomic mass is 32.1. The Bertz CT molecular complexity index is 800. The second-order valence-corrected chi connectivity index (χ2v) is 7.00. The van der Waals surface area contributed by atoms with Gasteiger partial charge in [-0.15, -0.1) is 0 Å². The smallest absolute Gasteiger partial charge is 0.338 e. The number of hydrogen-bond donors (Lipinski definition) is 1. The summed E-state index contributed by atoms with van der Waals surface area (Å²) in [6.07, 6.45) is 1.62.